The molecule has 3 aromatic rings. The highest BCUT2D eigenvalue weighted by atomic mass is 35.5. The fourth-order valence-electron chi connectivity index (χ4n) is 2.55. The van der Waals surface area contributed by atoms with E-state index < -0.39 is 0 Å². The number of allylic oxidation sites excluding steroid dienone is 1. The van der Waals surface area contributed by atoms with Crippen molar-refractivity contribution in [2.45, 2.75) is 6.92 Å². The first-order valence-corrected chi connectivity index (χ1v) is 9.55. The second-order valence-electron chi connectivity index (χ2n) is 5.53. The minimum Gasteiger partial charge on any atom is -0.493 e. The van der Waals surface area contributed by atoms with Gasteiger partial charge in [-0.2, -0.15) is 5.26 Å². The van der Waals surface area contributed by atoms with Crippen LogP contribution in [-0.2, 0) is 0 Å². The van der Waals surface area contributed by atoms with Crippen LogP contribution in [-0.4, -0.2) is 18.7 Å². The zero-order valence-electron chi connectivity index (χ0n) is 14.9. The standard InChI is InChI=1S/C21H17ClN2O2S/c1-3-26-20-15(5-4-6-19(20)25-2)11-16(12-23)21-24-18(13-27-21)14-7-9-17(22)10-8-14/h4-11,13H,3H2,1-2H3/b16-11-. The SMILES string of the molecule is CCOc1c(/C=C(/C#N)c2nc(-c3ccc(Cl)cc3)cs2)cccc1OC. The lowest BCUT2D eigenvalue weighted by molar-refractivity contribution is 0.310. The molecule has 27 heavy (non-hydrogen) atoms. The second-order valence-corrected chi connectivity index (χ2v) is 6.82. The number of methoxy groups -OCH3 is 1. The number of ether oxygens (including phenoxy) is 2. The molecule has 0 saturated heterocycles. The van der Waals surface area contributed by atoms with Crippen LogP contribution in [0.5, 0.6) is 11.5 Å². The van der Waals surface area contributed by atoms with Gasteiger partial charge < -0.3 is 9.47 Å². The Kier molecular flexibility index (Phi) is 6.12. The van der Waals surface area contributed by atoms with Crippen molar-refractivity contribution in [3.05, 3.63) is 63.4 Å². The van der Waals surface area contributed by atoms with Crippen LogP contribution < -0.4 is 9.47 Å². The van der Waals surface area contributed by atoms with Gasteiger partial charge in [0, 0.05) is 21.5 Å². The number of aromatic nitrogens is 1. The lowest BCUT2D eigenvalue weighted by Crippen LogP contribution is -1.97. The van der Waals surface area contributed by atoms with Crippen molar-refractivity contribution in [3.8, 4) is 28.8 Å². The van der Waals surface area contributed by atoms with E-state index in [-0.39, 0.29) is 0 Å². The van der Waals surface area contributed by atoms with Crippen molar-refractivity contribution in [1.82, 2.24) is 4.98 Å². The summed E-state index contributed by atoms with van der Waals surface area (Å²) in [6, 6.07) is 15.3. The summed E-state index contributed by atoms with van der Waals surface area (Å²) >= 11 is 7.36. The van der Waals surface area contributed by atoms with Gasteiger partial charge in [-0.15, -0.1) is 11.3 Å². The maximum Gasteiger partial charge on any atom is 0.168 e. The van der Waals surface area contributed by atoms with Gasteiger partial charge in [0.1, 0.15) is 11.1 Å². The Morgan fingerprint density at radius 3 is 2.70 bits per heavy atom. The minimum atomic E-state index is 0.467. The van der Waals surface area contributed by atoms with Gasteiger partial charge in [0.2, 0.25) is 0 Å². The van der Waals surface area contributed by atoms with E-state index in [9.17, 15) is 5.26 Å². The molecular weight excluding hydrogens is 380 g/mol. The maximum atomic E-state index is 9.66. The number of rotatable bonds is 6. The van der Waals surface area contributed by atoms with Gasteiger partial charge in [0.15, 0.2) is 11.5 Å². The highest BCUT2D eigenvalue weighted by Gasteiger charge is 2.13. The molecule has 0 N–H and O–H groups in total. The van der Waals surface area contributed by atoms with Gasteiger partial charge in [-0.3, -0.25) is 0 Å². The number of nitrogens with zero attached hydrogens (tertiary/aromatic N) is 2. The van der Waals surface area contributed by atoms with E-state index in [1.807, 2.05) is 54.8 Å². The van der Waals surface area contributed by atoms with Crippen LogP contribution in [0.4, 0.5) is 0 Å². The van der Waals surface area contributed by atoms with Crippen LogP contribution in [0.2, 0.25) is 5.02 Å². The normalized spacial score (nSPS) is 11.1. The third-order valence-electron chi connectivity index (χ3n) is 3.81. The Bertz CT molecular complexity index is 1000. The zero-order valence-corrected chi connectivity index (χ0v) is 16.5. The van der Waals surface area contributed by atoms with Crippen LogP contribution in [0.25, 0.3) is 22.9 Å². The summed E-state index contributed by atoms with van der Waals surface area (Å²) < 4.78 is 11.1. The molecule has 0 unspecified atom stereocenters. The average Bonchev–Trinajstić information content (AvgIpc) is 3.17. The number of para-hydroxylation sites is 1. The van der Waals surface area contributed by atoms with Crippen LogP contribution in [0.3, 0.4) is 0 Å². The molecule has 0 atom stereocenters. The number of nitriles is 1. The molecule has 0 bridgehead atoms. The molecule has 0 amide bonds. The molecule has 0 fully saturated rings. The molecule has 0 aliphatic heterocycles. The van der Waals surface area contributed by atoms with E-state index in [0.717, 1.165) is 16.8 Å². The Balaban J connectivity index is 1.99. The van der Waals surface area contributed by atoms with Crippen LogP contribution >= 0.6 is 22.9 Å². The second kappa shape index (κ2) is 8.72. The van der Waals surface area contributed by atoms with Crippen molar-refractivity contribution in [2.75, 3.05) is 13.7 Å². The molecule has 0 saturated carbocycles. The summed E-state index contributed by atoms with van der Waals surface area (Å²) in [7, 11) is 1.59. The summed E-state index contributed by atoms with van der Waals surface area (Å²) in [5.74, 6) is 1.24. The summed E-state index contributed by atoms with van der Waals surface area (Å²) in [6.07, 6.45) is 1.78. The quantitative estimate of drug-likeness (QED) is 0.484. The minimum absolute atomic E-state index is 0.467. The highest BCUT2D eigenvalue weighted by Crippen LogP contribution is 2.34. The van der Waals surface area contributed by atoms with Crippen molar-refractivity contribution in [3.63, 3.8) is 0 Å². The van der Waals surface area contributed by atoms with E-state index in [4.69, 9.17) is 21.1 Å². The third kappa shape index (κ3) is 4.30. The first-order chi connectivity index (χ1) is 13.2. The van der Waals surface area contributed by atoms with E-state index in [0.29, 0.717) is 33.7 Å². The molecule has 0 spiro atoms. The summed E-state index contributed by atoms with van der Waals surface area (Å²) in [5.41, 5.74) is 3.00. The van der Waals surface area contributed by atoms with E-state index >= 15 is 0 Å². The van der Waals surface area contributed by atoms with Gasteiger partial charge in [-0.25, -0.2) is 4.98 Å². The average molecular weight is 397 g/mol. The van der Waals surface area contributed by atoms with Crippen molar-refractivity contribution in [2.24, 2.45) is 0 Å². The van der Waals surface area contributed by atoms with Gasteiger partial charge in [0.25, 0.3) is 0 Å². The molecule has 0 radical (unpaired) electrons. The first kappa shape index (κ1) is 19.0. The lowest BCUT2D eigenvalue weighted by Gasteiger charge is -2.12. The lowest BCUT2D eigenvalue weighted by atomic mass is 10.1. The summed E-state index contributed by atoms with van der Waals surface area (Å²) in [4.78, 5) is 4.61. The molecule has 0 aliphatic rings. The van der Waals surface area contributed by atoms with E-state index in [1.165, 1.54) is 11.3 Å². The summed E-state index contributed by atoms with van der Waals surface area (Å²) in [6.45, 7) is 2.41. The third-order valence-corrected chi connectivity index (χ3v) is 4.94. The van der Waals surface area contributed by atoms with E-state index in [2.05, 4.69) is 11.1 Å². The molecule has 1 aromatic heterocycles. The Morgan fingerprint density at radius 2 is 2.04 bits per heavy atom. The van der Waals surface area contributed by atoms with Gasteiger partial charge in [-0.05, 0) is 31.2 Å². The highest BCUT2D eigenvalue weighted by molar-refractivity contribution is 7.11. The number of halogens is 1. The molecule has 6 heteroatoms. The number of hydrogen-bond acceptors (Lipinski definition) is 5. The Labute approximate surface area is 167 Å². The number of benzene rings is 2. The molecular formula is C21H17ClN2O2S. The summed E-state index contributed by atoms with van der Waals surface area (Å²) in [5, 5.41) is 12.9. The van der Waals surface area contributed by atoms with Gasteiger partial charge >= 0.3 is 0 Å². The molecule has 136 valence electrons. The maximum absolute atomic E-state index is 9.66. The Hall–Kier alpha value is -2.81. The Morgan fingerprint density at radius 1 is 1.26 bits per heavy atom. The number of hydrogen-bond donors (Lipinski definition) is 0. The molecule has 2 aromatic carbocycles. The van der Waals surface area contributed by atoms with Gasteiger partial charge in [0.05, 0.1) is 25.0 Å². The fraction of sp³-hybridized carbons (Fsp3) is 0.143. The van der Waals surface area contributed by atoms with Gasteiger partial charge in [-0.1, -0.05) is 35.9 Å². The van der Waals surface area contributed by atoms with Crippen LogP contribution in [0.1, 0.15) is 17.5 Å². The largest absolute Gasteiger partial charge is 0.493 e. The van der Waals surface area contributed by atoms with Crippen molar-refractivity contribution >= 4 is 34.6 Å². The van der Waals surface area contributed by atoms with Crippen molar-refractivity contribution < 1.29 is 9.47 Å². The zero-order chi connectivity index (χ0) is 19.2. The van der Waals surface area contributed by atoms with E-state index in [1.54, 1.807) is 13.2 Å². The molecule has 1 heterocycles. The van der Waals surface area contributed by atoms with Crippen LogP contribution in [0.15, 0.2) is 47.8 Å². The predicted octanol–water partition coefficient (Wildman–Crippen LogP) is 5.93. The van der Waals surface area contributed by atoms with Crippen LogP contribution in [0, 0.1) is 11.3 Å². The topological polar surface area (TPSA) is 55.1 Å². The smallest absolute Gasteiger partial charge is 0.168 e. The van der Waals surface area contributed by atoms with Crippen molar-refractivity contribution in [1.29, 1.82) is 5.26 Å². The first-order valence-electron chi connectivity index (χ1n) is 8.29. The fourth-order valence-corrected chi connectivity index (χ4v) is 3.47. The number of thiazole rings is 1. The predicted molar refractivity (Wildman–Crippen MR) is 110 cm³/mol. The monoisotopic (exact) mass is 396 g/mol. The molecule has 0 aliphatic carbocycles. The molecule has 3 rings (SSSR count). The molecule has 4 nitrogen and oxygen atoms in total.